The van der Waals surface area contributed by atoms with Crippen molar-refractivity contribution >= 4 is 41.4 Å². The molecule has 3 aromatic rings. The van der Waals surface area contributed by atoms with E-state index in [0.29, 0.717) is 25.6 Å². The van der Waals surface area contributed by atoms with E-state index in [1.807, 2.05) is 48.5 Å². The number of pyridine rings is 1. The molecule has 3 fully saturated rings. The second kappa shape index (κ2) is 13.2. The van der Waals surface area contributed by atoms with Gasteiger partial charge in [-0.25, -0.2) is 0 Å². The largest absolute Gasteiger partial charge is 0.507 e. The van der Waals surface area contributed by atoms with Crippen LogP contribution in [0.4, 0.5) is 0 Å². The molecule has 7 nitrogen and oxygen atoms in total. The Bertz CT molecular complexity index is 1680. The third-order valence-corrected chi connectivity index (χ3v) is 10.8. The van der Waals surface area contributed by atoms with Crippen molar-refractivity contribution in [1.29, 1.82) is 0 Å². The standard InChI is InChI=1S/C38H43BN2O5/c1-2-10-26-22-30-36(38(44)41(37(30)43)27-11-4-3-5-12-27)31-23-39(45)46-34(35(26)31)19-17-25(32-15-8-9-20-40-32)21-24-16-18-33(42)29-14-7-6-13-28(24)29/h6-9,13-16,18,20-21,27,30-31,34,36,42,45H,2-5,10-12,17,19,22-23H2,1H3/b25-21-/t30-,31+,34-,36-/m1/s1. The van der Waals surface area contributed by atoms with Crippen molar-refractivity contribution in [3.05, 3.63) is 83.2 Å². The first-order chi connectivity index (χ1) is 22.4. The SMILES string of the molecule is CCCC1=C2[C@@H](CC/C(=C/c3ccc(O)c4ccccc34)c3ccccn3)OB(O)C[C@@H]2[C@@H]2C(=O)N(C3CCCCC3)C(=O)[C@@H]2C1. The lowest BCUT2D eigenvalue weighted by atomic mass is 9.58. The lowest BCUT2D eigenvalue weighted by molar-refractivity contribution is -0.143. The summed E-state index contributed by atoms with van der Waals surface area (Å²) in [6.07, 6.45) is 12.7. The van der Waals surface area contributed by atoms with Gasteiger partial charge in [0.15, 0.2) is 0 Å². The molecule has 2 saturated heterocycles. The number of aromatic nitrogens is 1. The van der Waals surface area contributed by atoms with Crippen LogP contribution in [0.2, 0.25) is 6.32 Å². The van der Waals surface area contributed by atoms with Gasteiger partial charge in [0.25, 0.3) is 0 Å². The normalized spacial score (nSPS) is 25.7. The summed E-state index contributed by atoms with van der Waals surface area (Å²) in [7, 11) is -0.990. The molecule has 46 heavy (non-hydrogen) atoms. The van der Waals surface area contributed by atoms with E-state index < -0.39 is 13.0 Å². The van der Waals surface area contributed by atoms with Gasteiger partial charge in [-0.2, -0.15) is 0 Å². The Morgan fingerprint density at radius 2 is 1.78 bits per heavy atom. The summed E-state index contributed by atoms with van der Waals surface area (Å²) in [6.45, 7) is 2.15. The van der Waals surface area contributed by atoms with Crippen LogP contribution in [0, 0.1) is 17.8 Å². The summed E-state index contributed by atoms with van der Waals surface area (Å²) < 4.78 is 6.32. The third-order valence-electron chi connectivity index (χ3n) is 10.8. The molecule has 2 aromatic carbocycles. The van der Waals surface area contributed by atoms with Crippen LogP contribution in [0.1, 0.15) is 82.4 Å². The molecular formula is C38H43BN2O5. The first kappa shape index (κ1) is 30.9. The number of likely N-dealkylation sites (tertiary alicyclic amines) is 1. The molecule has 4 atom stereocenters. The van der Waals surface area contributed by atoms with Crippen LogP contribution in [0.25, 0.3) is 22.4 Å². The van der Waals surface area contributed by atoms with Crippen molar-refractivity contribution in [2.45, 2.75) is 89.6 Å². The number of benzene rings is 2. The van der Waals surface area contributed by atoms with Gasteiger partial charge < -0.3 is 14.8 Å². The molecule has 0 radical (unpaired) electrons. The number of aromatic hydroxyl groups is 1. The van der Waals surface area contributed by atoms with Crippen molar-refractivity contribution in [2.75, 3.05) is 0 Å². The monoisotopic (exact) mass is 618 g/mol. The first-order valence-electron chi connectivity index (χ1n) is 17.2. The average Bonchev–Trinajstić information content (AvgIpc) is 3.33. The van der Waals surface area contributed by atoms with Crippen molar-refractivity contribution in [2.24, 2.45) is 17.8 Å². The van der Waals surface area contributed by atoms with Gasteiger partial charge in [0.1, 0.15) is 5.75 Å². The molecule has 2 aliphatic heterocycles. The number of rotatable bonds is 8. The number of allylic oxidation sites excluding steroid dienone is 2. The van der Waals surface area contributed by atoms with Crippen LogP contribution in [-0.4, -0.2) is 51.1 Å². The highest BCUT2D eigenvalue weighted by atomic mass is 16.5. The quantitative estimate of drug-likeness (QED) is 0.158. The summed E-state index contributed by atoms with van der Waals surface area (Å²) in [4.78, 5) is 34.3. The van der Waals surface area contributed by atoms with Crippen LogP contribution in [0.5, 0.6) is 5.75 Å². The molecule has 3 heterocycles. The number of amides is 2. The topological polar surface area (TPSA) is 100.0 Å². The molecule has 1 saturated carbocycles. The predicted molar refractivity (Wildman–Crippen MR) is 180 cm³/mol. The van der Waals surface area contributed by atoms with Gasteiger partial charge in [0, 0.05) is 17.6 Å². The fourth-order valence-corrected chi connectivity index (χ4v) is 8.76. The molecule has 0 spiro atoms. The molecule has 1 aromatic heterocycles. The van der Waals surface area contributed by atoms with Crippen molar-refractivity contribution < 1.29 is 24.4 Å². The van der Waals surface area contributed by atoms with Gasteiger partial charge >= 0.3 is 7.12 Å². The van der Waals surface area contributed by atoms with E-state index in [1.165, 1.54) is 5.57 Å². The molecule has 8 heteroatoms. The van der Waals surface area contributed by atoms with Crippen molar-refractivity contribution in [3.8, 4) is 5.75 Å². The Labute approximate surface area is 271 Å². The van der Waals surface area contributed by atoms with Gasteiger partial charge in [-0.1, -0.05) is 74.6 Å². The van der Waals surface area contributed by atoms with E-state index in [9.17, 15) is 19.7 Å². The van der Waals surface area contributed by atoms with E-state index in [0.717, 1.165) is 78.1 Å². The molecule has 0 unspecified atom stereocenters. The van der Waals surface area contributed by atoms with Gasteiger partial charge in [-0.15, -0.1) is 0 Å². The van der Waals surface area contributed by atoms with E-state index in [2.05, 4.69) is 18.0 Å². The van der Waals surface area contributed by atoms with Gasteiger partial charge in [0.2, 0.25) is 11.8 Å². The number of hydrogen-bond acceptors (Lipinski definition) is 6. The molecule has 238 valence electrons. The van der Waals surface area contributed by atoms with E-state index in [1.54, 1.807) is 17.2 Å². The van der Waals surface area contributed by atoms with Gasteiger partial charge in [-0.05, 0) is 97.1 Å². The van der Waals surface area contributed by atoms with Crippen LogP contribution in [-0.2, 0) is 14.2 Å². The highest BCUT2D eigenvalue weighted by Crippen LogP contribution is 2.52. The summed E-state index contributed by atoms with van der Waals surface area (Å²) in [6, 6.07) is 17.4. The summed E-state index contributed by atoms with van der Waals surface area (Å²) in [5.41, 5.74) is 5.26. The number of imide groups is 1. The van der Waals surface area contributed by atoms with Crippen LogP contribution in [0.15, 0.2) is 71.9 Å². The zero-order valence-corrected chi connectivity index (χ0v) is 26.6. The number of carbonyl (C=O) groups excluding carboxylic acids is 2. The maximum atomic E-state index is 14.1. The van der Waals surface area contributed by atoms with Crippen molar-refractivity contribution in [1.82, 2.24) is 9.88 Å². The summed E-state index contributed by atoms with van der Waals surface area (Å²) >= 11 is 0. The van der Waals surface area contributed by atoms with E-state index in [4.69, 9.17) is 4.65 Å². The molecule has 2 amide bonds. The minimum Gasteiger partial charge on any atom is -0.507 e. The molecule has 0 bridgehead atoms. The highest BCUT2D eigenvalue weighted by Gasteiger charge is 2.58. The maximum Gasteiger partial charge on any atom is 0.455 e. The molecule has 4 aliphatic rings. The molecule has 2 N–H and O–H groups in total. The number of carbonyl (C=O) groups is 2. The van der Waals surface area contributed by atoms with Crippen molar-refractivity contribution in [3.63, 3.8) is 0 Å². The van der Waals surface area contributed by atoms with Gasteiger partial charge in [0.05, 0.1) is 23.6 Å². The first-order valence-corrected chi connectivity index (χ1v) is 17.2. The maximum absolute atomic E-state index is 14.1. The fraction of sp³-hybridized carbons (Fsp3) is 0.447. The second-order valence-electron chi connectivity index (χ2n) is 13.5. The summed E-state index contributed by atoms with van der Waals surface area (Å²) in [5, 5.41) is 23.3. The Kier molecular flexibility index (Phi) is 8.84. The number of fused-ring (bicyclic) bond motifs is 4. The Balaban J connectivity index is 1.22. The lowest BCUT2D eigenvalue weighted by Gasteiger charge is -2.43. The van der Waals surface area contributed by atoms with E-state index in [-0.39, 0.29) is 41.5 Å². The number of hydrogen-bond donors (Lipinski definition) is 2. The Morgan fingerprint density at radius 1 is 1.00 bits per heavy atom. The number of nitrogens with zero attached hydrogens (tertiary/aromatic N) is 2. The molecule has 7 rings (SSSR count). The smallest absolute Gasteiger partial charge is 0.455 e. The zero-order chi connectivity index (χ0) is 31.8. The average molecular weight is 619 g/mol. The van der Waals surface area contributed by atoms with E-state index >= 15 is 0 Å². The Morgan fingerprint density at radius 3 is 2.54 bits per heavy atom. The number of phenolic OH excluding ortho intramolecular Hbond substituents is 1. The summed E-state index contributed by atoms with van der Waals surface area (Å²) in [5.74, 6) is -0.712. The molecule has 2 aliphatic carbocycles. The second-order valence-corrected chi connectivity index (χ2v) is 13.5. The predicted octanol–water partition coefficient (Wildman–Crippen LogP) is 7.19. The van der Waals surface area contributed by atoms with Crippen LogP contribution in [0.3, 0.4) is 0 Å². The fourth-order valence-electron chi connectivity index (χ4n) is 8.76. The molecular weight excluding hydrogens is 575 g/mol. The van der Waals surface area contributed by atoms with Crippen LogP contribution >= 0.6 is 0 Å². The van der Waals surface area contributed by atoms with Gasteiger partial charge in [-0.3, -0.25) is 19.5 Å². The van der Waals surface area contributed by atoms with Crippen LogP contribution < -0.4 is 0 Å². The third kappa shape index (κ3) is 5.71. The number of phenols is 1. The minimum absolute atomic E-state index is 0.00795. The zero-order valence-electron chi connectivity index (χ0n) is 26.6. The lowest BCUT2D eigenvalue weighted by Crippen LogP contribution is -2.46. The minimum atomic E-state index is -0.990. The Hall–Kier alpha value is -3.75. The highest BCUT2D eigenvalue weighted by molar-refractivity contribution is 6.43.